The number of nitrogens with zero attached hydrogens (tertiary/aromatic N) is 3. The van der Waals surface area contributed by atoms with Crippen LogP contribution in [0.3, 0.4) is 0 Å². The molecule has 1 fully saturated rings. The van der Waals surface area contributed by atoms with E-state index in [-0.39, 0.29) is 24.5 Å². The van der Waals surface area contributed by atoms with Crippen molar-refractivity contribution < 1.29 is 14.1 Å². The molecule has 0 bridgehead atoms. The van der Waals surface area contributed by atoms with E-state index in [0.29, 0.717) is 22.8 Å². The zero-order valence-electron chi connectivity index (χ0n) is 13.7. The molecule has 128 valence electrons. The van der Waals surface area contributed by atoms with Crippen LogP contribution in [0.25, 0.3) is 0 Å². The Hall–Kier alpha value is -3.34. The van der Waals surface area contributed by atoms with Crippen LogP contribution in [0.2, 0.25) is 0 Å². The summed E-state index contributed by atoms with van der Waals surface area (Å²) < 4.78 is 4.89. The Kier molecular flexibility index (Phi) is 4.66. The molecule has 1 aliphatic carbocycles. The summed E-state index contributed by atoms with van der Waals surface area (Å²) in [6, 6.07) is 9.92. The topological polar surface area (TPSA) is 111 Å². The molecule has 0 spiro atoms. The molecule has 0 saturated heterocycles. The standard InChI is InChI=1S/C17H17N5O3/c1-11-7-15(21-25-11)20-16(23)10-22(14-5-6-14)17(24)19-13-4-2-3-12(8-13)9-18/h2-4,7-8,14H,5-6,10H2,1H3,(H,19,24)(H,20,21,23). The highest BCUT2D eigenvalue weighted by Crippen LogP contribution is 2.27. The lowest BCUT2D eigenvalue weighted by Crippen LogP contribution is -2.42. The number of aromatic nitrogens is 1. The largest absolute Gasteiger partial charge is 0.360 e. The van der Waals surface area contributed by atoms with E-state index in [0.717, 1.165) is 12.8 Å². The molecule has 2 N–H and O–H groups in total. The average Bonchev–Trinajstić information content (AvgIpc) is 3.35. The van der Waals surface area contributed by atoms with Crippen molar-refractivity contribution in [3.05, 3.63) is 41.7 Å². The fourth-order valence-electron chi connectivity index (χ4n) is 2.38. The van der Waals surface area contributed by atoms with Gasteiger partial charge in [0.2, 0.25) is 5.91 Å². The molecular weight excluding hydrogens is 322 g/mol. The number of urea groups is 1. The minimum absolute atomic E-state index is 0.0453. The van der Waals surface area contributed by atoms with Gasteiger partial charge in [-0.3, -0.25) is 4.79 Å². The Labute approximate surface area is 144 Å². The molecule has 1 heterocycles. The summed E-state index contributed by atoms with van der Waals surface area (Å²) in [5.41, 5.74) is 0.970. The van der Waals surface area contributed by atoms with Crippen LogP contribution >= 0.6 is 0 Å². The molecule has 3 amide bonds. The quantitative estimate of drug-likeness (QED) is 0.869. The molecule has 0 aliphatic heterocycles. The van der Waals surface area contributed by atoms with Gasteiger partial charge < -0.3 is 20.1 Å². The fourth-order valence-corrected chi connectivity index (χ4v) is 2.38. The Morgan fingerprint density at radius 1 is 1.36 bits per heavy atom. The number of hydrogen-bond acceptors (Lipinski definition) is 5. The maximum Gasteiger partial charge on any atom is 0.322 e. The number of benzene rings is 1. The van der Waals surface area contributed by atoms with Crippen molar-refractivity contribution in [2.75, 3.05) is 17.2 Å². The number of hydrogen-bond donors (Lipinski definition) is 2. The lowest BCUT2D eigenvalue weighted by molar-refractivity contribution is -0.116. The summed E-state index contributed by atoms with van der Waals surface area (Å²) in [5, 5.41) is 18.0. The molecular formula is C17H17N5O3. The molecule has 8 nitrogen and oxygen atoms in total. The zero-order chi connectivity index (χ0) is 17.8. The van der Waals surface area contributed by atoms with Crippen molar-refractivity contribution >= 4 is 23.4 Å². The van der Waals surface area contributed by atoms with Gasteiger partial charge >= 0.3 is 6.03 Å². The SMILES string of the molecule is Cc1cc(NC(=O)CN(C(=O)Nc2cccc(C#N)c2)C2CC2)no1. The molecule has 0 unspecified atom stereocenters. The summed E-state index contributed by atoms with van der Waals surface area (Å²) in [7, 11) is 0. The van der Waals surface area contributed by atoms with Crippen LogP contribution in [0.1, 0.15) is 24.2 Å². The van der Waals surface area contributed by atoms with E-state index >= 15 is 0 Å². The first kappa shape index (κ1) is 16.5. The molecule has 1 aromatic carbocycles. The van der Waals surface area contributed by atoms with Gasteiger partial charge in [0.1, 0.15) is 12.3 Å². The van der Waals surface area contributed by atoms with Crippen LogP contribution < -0.4 is 10.6 Å². The van der Waals surface area contributed by atoms with Gasteiger partial charge in [-0.1, -0.05) is 11.2 Å². The molecule has 0 atom stereocenters. The summed E-state index contributed by atoms with van der Waals surface area (Å²) in [6.45, 7) is 1.64. The number of nitrogens with one attached hydrogen (secondary N) is 2. The lowest BCUT2D eigenvalue weighted by Gasteiger charge is -2.22. The normalized spacial score (nSPS) is 13.0. The van der Waals surface area contributed by atoms with E-state index in [9.17, 15) is 9.59 Å². The number of carbonyl (C=O) groups is 2. The first-order valence-electron chi connectivity index (χ1n) is 7.86. The summed E-state index contributed by atoms with van der Waals surface area (Å²) in [5.74, 6) is 0.561. The third kappa shape index (κ3) is 4.35. The highest BCUT2D eigenvalue weighted by molar-refractivity contribution is 5.96. The maximum atomic E-state index is 12.5. The number of carbonyl (C=O) groups excluding carboxylic acids is 2. The molecule has 3 rings (SSSR count). The van der Waals surface area contributed by atoms with Crippen LogP contribution in [0.5, 0.6) is 0 Å². The summed E-state index contributed by atoms with van der Waals surface area (Å²) in [4.78, 5) is 26.2. The van der Waals surface area contributed by atoms with Gasteiger partial charge in [0.15, 0.2) is 5.82 Å². The van der Waals surface area contributed by atoms with Crippen molar-refractivity contribution in [3.63, 3.8) is 0 Å². The molecule has 2 aromatic rings. The number of nitriles is 1. The first-order valence-corrected chi connectivity index (χ1v) is 7.86. The Morgan fingerprint density at radius 2 is 2.16 bits per heavy atom. The minimum Gasteiger partial charge on any atom is -0.360 e. The van der Waals surface area contributed by atoms with Crippen LogP contribution in [0.15, 0.2) is 34.9 Å². The molecule has 0 radical (unpaired) electrons. The molecule has 8 heteroatoms. The number of aryl methyl sites for hydroxylation is 1. The minimum atomic E-state index is -0.371. The predicted molar refractivity (Wildman–Crippen MR) is 89.8 cm³/mol. The average molecular weight is 339 g/mol. The first-order chi connectivity index (χ1) is 12.0. The number of rotatable bonds is 5. The lowest BCUT2D eigenvalue weighted by atomic mass is 10.2. The smallest absolute Gasteiger partial charge is 0.322 e. The van der Waals surface area contributed by atoms with Crippen molar-refractivity contribution in [2.45, 2.75) is 25.8 Å². The second-order valence-electron chi connectivity index (χ2n) is 5.85. The maximum absolute atomic E-state index is 12.5. The van der Waals surface area contributed by atoms with Crippen molar-refractivity contribution in [1.29, 1.82) is 5.26 Å². The number of anilines is 2. The van der Waals surface area contributed by atoms with Gasteiger partial charge in [-0.25, -0.2) is 4.79 Å². The van der Waals surface area contributed by atoms with E-state index < -0.39 is 0 Å². The molecule has 25 heavy (non-hydrogen) atoms. The van der Waals surface area contributed by atoms with Crippen molar-refractivity contribution in [1.82, 2.24) is 10.1 Å². The predicted octanol–water partition coefficient (Wildman–Crippen LogP) is 2.49. The Bertz CT molecular complexity index is 835. The highest BCUT2D eigenvalue weighted by atomic mass is 16.5. The third-order valence-corrected chi connectivity index (χ3v) is 3.70. The molecule has 1 aromatic heterocycles. The van der Waals surface area contributed by atoms with E-state index in [1.807, 2.05) is 6.07 Å². The summed E-state index contributed by atoms with van der Waals surface area (Å²) in [6.07, 6.45) is 1.73. The van der Waals surface area contributed by atoms with Gasteiger partial charge in [0, 0.05) is 17.8 Å². The van der Waals surface area contributed by atoms with Crippen LogP contribution in [-0.2, 0) is 4.79 Å². The van der Waals surface area contributed by atoms with Gasteiger partial charge in [-0.2, -0.15) is 5.26 Å². The Morgan fingerprint density at radius 3 is 2.80 bits per heavy atom. The van der Waals surface area contributed by atoms with Gasteiger partial charge in [0.05, 0.1) is 11.6 Å². The summed E-state index contributed by atoms with van der Waals surface area (Å²) >= 11 is 0. The molecule has 1 saturated carbocycles. The van der Waals surface area contributed by atoms with Gasteiger partial charge in [-0.15, -0.1) is 0 Å². The van der Waals surface area contributed by atoms with Crippen LogP contribution in [-0.4, -0.2) is 34.6 Å². The fraction of sp³-hybridized carbons (Fsp3) is 0.294. The van der Waals surface area contributed by atoms with E-state index in [1.165, 1.54) is 4.90 Å². The van der Waals surface area contributed by atoms with Crippen molar-refractivity contribution in [2.24, 2.45) is 0 Å². The van der Waals surface area contributed by atoms with E-state index in [1.54, 1.807) is 37.3 Å². The Balaban J connectivity index is 1.63. The highest BCUT2D eigenvalue weighted by Gasteiger charge is 2.34. The van der Waals surface area contributed by atoms with Gasteiger partial charge in [0.25, 0.3) is 0 Å². The van der Waals surface area contributed by atoms with Crippen LogP contribution in [0, 0.1) is 18.3 Å². The van der Waals surface area contributed by atoms with Crippen molar-refractivity contribution in [3.8, 4) is 6.07 Å². The van der Waals surface area contributed by atoms with E-state index in [2.05, 4.69) is 15.8 Å². The third-order valence-electron chi connectivity index (χ3n) is 3.70. The van der Waals surface area contributed by atoms with E-state index in [4.69, 9.17) is 9.78 Å². The second kappa shape index (κ2) is 7.05. The zero-order valence-corrected chi connectivity index (χ0v) is 13.7. The van der Waals surface area contributed by atoms with Crippen LogP contribution in [0.4, 0.5) is 16.3 Å². The monoisotopic (exact) mass is 339 g/mol. The second-order valence-corrected chi connectivity index (χ2v) is 5.85. The number of amides is 3. The molecule has 1 aliphatic rings. The van der Waals surface area contributed by atoms with Gasteiger partial charge in [-0.05, 0) is 38.0 Å².